The number of benzene rings is 4. The zero-order chi connectivity index (χ0) is 28.0. The van der Waals surface area contributed by atoms with E-state index in [1.807, 2.05) is 54.6 Å². The van der Waals surface area contributed by atoms with Crippen molar-refractivity contribution < 1.29 is 32.6 Å². The maximum absolute atomic E-state index is 14.3. The monoisotopic (exact) mass is 678 g/mol. The van der Waals surface area contributed by atoms with E-state index in [1.165, 1.54) is 0 Å². The van der Waals surface area contributed by atoms with Crippen molar-refractivity contribution in [3.8, 4) is 23.0 Å². The van der Waals surface area contributed by atoms with E-state index in [-0.39, 0.29) is 19.4 Å². The van der Waals surface area contributed by atoms with E-state index < -0.39 is 7.60 Å². The molecule has 10 heteroatoms. The van der Waals surface area contributed by atoms with Gasteiger partial charge in [0.25, 0.3) is 0 Å². The summed E-state index contributed by atoms with van der Waals surface area (Å²) in [5.74, 6) is 2.09. The first-order valence-electron chi connectivity index (χ1n) is 12.0. The molecule has 0 amide bonds. The summed E-state index contributed by atoms with van der Waals surface area (Å²) in [6.45, 7) is 0.0766. The number of hydrogen-bond acceptors (Lipinski definition) is 7. The predicted octanol–water partition coefficient (Wildman–Crippen LogP) is 8.53. The molecule has 0 saturated carbocycles. The van der Waals surface area contributed by atoms with Gasteiger partial charge in [0.05, 0.1) is 56.8 Å². The summed E-state index contributed by atoms with van der Waals surface area (Å²) in [5, 5.41) is 2.05. The third-order valence-corrected chi connectivity index (χ3v) is 9.04. The minimum Gasteiger partial charge on any atom is -0.494 e. The standard InChI is InChI=1S/C29H29Br2O7P/c1-33-26-14-20(15-27(34-2)29(26)36-4)17-38-39(32,18-22-10-7-9-21-8-5-6-11-23(21)22)37-16-19-12-24(30)28(35-3)25(31)13-19/h5-15H,16-18H2,1-4H3. The van der Waals surface area contributed by atoms with Gasteiger partial charge in [-0.15, -0.1) is 0 Å². The minimum absolute atomic E-state index is 0.00869. The first-order chi connectivity index (χ1) is 18.8. The lowest BCUT2D eigenvalue weighted by Gasteiger charge is -2.21. The van der Waals surface area contributed by atoms with Crippen molar-refractivity contribution in [3.05, 3.63) is 92.4 Å². The molecule has 0 aliphatic rings. The second-order valence-corrected chi connectivity index (χ2v) is 12.3. The van der Waals surface area contributed by atoms with Gasteiger partial charge in [-0.2, -0.15) is 0 Å². The van der Waals surface area contributed by atoms with Gasteiger partial charge in [0.15, 0.2) is 11.5 Å². The Bertz CT molecular complexity index is 1460. The van der Waals surface area contributed by atoms with Crippen LogP contribution >= 0.6 is 39.5 Å². The summed E-state index contributed by atoms with van der Waals surface area (Å²) < 4.78 is 49.7. The van der Waals surface area contributed by atoms with Crippen molar-refractivity contribution in [2.24, 2.45) is 0 Å². The zero-order valence-electron chi connectivity index (χ0n) is 22.0. The van der Waals surface area contributed by atoms with E-state index in [1.54, 1.807) is 40.6 Å². The van der Waals surface area contributed by atoms with E-state index in [2.05, 4.69) is 31.9 Å². The molecule has 0 aliphatic heterocycles. The number of halogens is 2. The number of rotatable bonds is 12. The highest BCUT2D eigenvalue weighted by Gasteiger charge is 2.28. The molecule has 4 aromatic rings. The molecule has 4 rings (SSSR count). The SMILES string of the molecule is COc1cc(COP(=O)(Cc2cccc3ccccc23)OCc2cc(Br)c(OC)c(Br)c2)cc(OC)c1OC. The van der Waals surface area contributed by atoms with Crippen molar-refractivity contribution in [2.45, 2.75) is 19.4 Å². The summed E-state index contributed by atoms with van der Waals surface area (Å²) in [4.78, 5) is 0. The van der Waals surface area contributed by atoms with E-state index >= 15 is 0 Å². The minimum atomic E-state index is -3.67. The molecule has 0 fully saturated rings. The van der Waals surface area contributed by atoms with Crippen LogP contribution in [0, 0.1) is 0 Å². The molecule has 0 heterocycles. The third-order valence-electron chi connectivity index (χ3n) is 6.09. The largest absolute Gasteiger partial charge is 0.494 e. The Morgan fingerprint density at radius 2 is 1.21 bits per heavy atom. The highest BCUT2D eigenvalue weighted by Crippen LogP contribution is 2.54. The fourth-order valence-corrected chi connectivity index (χ4v) is 7.47. The molecule has 0 bridgehead atoms. The average molecular weight is 680 g/mol. The summed E-state index contributed by atoms with van der Waals surface area (Å²) in [7, 11) is 2.55. The fraction of sp³-hybridized carbons (Fsp3) is 0.241. The maximum atomic E-state index is 14.3. The predicted molar refractivity (Wildman–Crippen MR) is 159 cm³/mol. The molecule has 1 atom stereocenters. The molecule has 206 valence electrons. The summed E-state index contributed by atoms with van der Waals surface area (Å²) in [5.41, 5.74) is 2.36. The Morgan fingerprint density at radius 3 is 1.77 bits per heavy atom. The lowest BCUT2D eigenvalue weighted by molar-refractivity contribution is 0.189. The van der Waals surface area contributed by atoms with Crippen LogP contribution in [0.3, 0.4) is 0 Å². The number of ether oxygens (including phenoxy) is 4. The molecule has 0 spiro atoms. The topological polar surface area (TPSA) is 72.5 Å². The first-order valence-corrected chi connectivity index (χ1v) is 15.3. The number of hydrogen-bond donors (Lipinski definition) is 0. The fourth-order valence-electron chi connectivity index (χ4n) is 4.22. The van der Waals surface area contributed by atoms with Crippen molar-refractivity contribution in [1.82, 2.24) is 0 Å². The van der Waals surface area contributed by atoms with Crippen LogP contribution in [0.25, 0.3) is 10.8 Å². The van der Waals surface area contributed by atoms with Crippen LogP contribution in [0.2, 0.25) is 0 Å². The highest BCUT2D eigenvalue weighted by molar-refractivity contribution is 9.11. The van der Waals surface area contributed by atoms with Gasteiger partial charge in [0.1, 0.15) is 5.75 Å². The lowest BCUT2D eigenvalue weighted by Crippen LogP contribution is -2.03. The summed E-state index contributed by atoms with van der Waals surface area (Å²) in [6, 6.07) is 21.1. The molecule has 1 unspecified atom stereocenters. The molecule has 0 aromatic heterocycles. The Morgan fingerprint density at radius 1 is 0.667 bits per heavy atom. The smallest absolute Gasteiger partial charge is 0.335 e. The lowest BCUT2D eigenvalue weighted by atomic mass is 10.1. The Hall–Kier alpha value is -2.55. The van der Waals surface area contributed by atoms with E-state index in [9.17, 15) is 4.57 Å². The van der Waals surface area contributed by atoms with Crippen LogP contribution < -0.4 is 18.9 Å². The second kappa shape index (κ2) is 13.2. The van der Waals surface area contributed by atoms with Crippen LogP contribution in [-0.4, -0.2) is 28.4 Å². The number of fused-ring (bicyclic) bond motifs is 1. The third kappa shape index (κ3) is 6.97. The van der Waals surface area contributed by atoms with Gasteiger partial charge in [-0.25, -0.2) is 0 Å². The van der Waals surface area contributed by atoms with Gasteiger partial charge >= 0.3 is 7.60 Å². The van der Waals surface area contributed by atoms with Crippen molar-refractivity contribution in [2.75, 3.05) is 28.4 Å². The molecular formula is C29H29Br2O7P. The van der Waals surface area contributed by atoms with Crippen LogP contribution in [0.4, 0.5) is 0 Å². The molecule has 0 saturated heterocycles. The van der Waals surface area contributed by atoms with Crippen LogP contribution in [-0.2, 0) is 33.0 Å². The van der Waals surface area contributed by atoms with E-state index in [0.29, 0.717) is 28.6 Å². The normalized spacial score (nSPS) is 12.7. The van der Waals surface area contributed by atoms with Gasteiger partial charge in [-0.05, 0) is 83.6 Å². The molecule has 0 aliphatic carbocycles. The molecule has 0 N–H and O–H groups in total. The summed E-state index contributed by atoms with van der Waals surface area (Å²) in [6.07, 6.45) is 0.0945. The van der Waals surface area contributed by atoms with Crippen molar-refractivity contribution in [1.29, 1.82) is 0 Å². The first kappa shape index (κ1) is 29.4. The zero-order valence-corrected chi connectivity index (χ0v) is 26.1. The van der Waals surface area contributed by atoms with Crippen molar-refractivity contribution >= 4 is 50.2 Å². The van der Waals surface area contributed by atoms with Crippen molar-refractivity contribution in [3.63, 3.8) is 0 Å². The molecule has 4 aromatic carbocycles. The van der Waals surface area contributed by atoms with Crippen LogP contribution in [0.5, 0.6) is 23.0 Å². The second-order valence-electron chi connectivity index (χ2n) is 8.58. The van der Waals surface area contributed by atoms with Gasteiger partial charge in [0.2, 0.25) is 5.75 Å². The molecule has 0 radical (unpaired) electrons. The Kier molecular flexibility index (Phi) is 9.96. The molecular weight excluding hydrogens is 651 g/mol. The Balaban J connectivity index is 1.65. The van der Waals surface area contributed by atoms with Gasteiger partial charge in [-0.1, -0.05) is 42.5 Å². The van der Waals surface area contributed by atoms with Gasteiger partial charge in [-0.3, -0.25) is 4.57 Å². The average Bonchev–Trinajstić information content (AvgIpc) is 2.94. The highest BCUT2D eigenvalue weighted by atomic mass is 79.9. The maximum Gasteiger partial charge on any atom is 0.335 e. The Labute approximate surface area is 245 Å². The quantitative estimate of drug-likeness (QED) is 0.139. The van der Waals surface area contributed by atoms with E-state index in [4.69, 9.17) is 28.0 Å². The van der Waals surface area contributed by atoms with E-state index in [0.717, 1.165) is 30.8 Å². The van der Waals surface area contributed by atoms with Crippen LogP contribution in [0.1, 0.15) is 16.7 Å². The van der Waals surface area contributed by atoms with Gasteiger partial charge in [0, 0.05) is 0 Å². The van der Waals surface area contributed by atoms with Crippen LogP contribution in [0.15, 0.2) is 75.7 Å². The summed E-state index contributed by atoms with van der Waals surface area (Å²) >= 11 is 7.03. The van der Waals surface area contributed by atoms with Gasteiger partial charge < -0.3 is 28.0 Å². The molecule has 7 nitrogen and oxygen atoms in total. The molecule has 39 heavy (non-hydrogen) atoms. The number of methoxy groups -OCH3 is 4.